The van der Waals surface area contributed by atoms with Gasteiger partial charge in [0, 0.05) is 36.6 Å². The molecule has 1 amide bonds. The van der Waals surface area contributed by atoms with Gasteiger partial charge in [-0.25, -0.2) is 0 Å². The van der Waals surface area contributed by atoms with Crippen molar-refractivity contribution >= 4 is 23.1 Å². The first kappa shape index (κ1) is 20.0. The third kappa shape index (κ3) is 3.78. The fourth-order valence-electron chi connectivity index (χ4n) is 3.61. The van der Waals surface area contributed by atoms with Gasteiger partial charge >= 0.3 is 0 Å². The lowest BCUT2D eigenvalue weighted by molar-refractivity contribution is -0.384. The van der Waals surface area contributed by atoms with Crippen LogP contribution in [0.15, 0.2) is 84.7 Å². The molecule has 1 atom stereocenters. The molecule has 154 valence electrons. The molecule has 1 N–H and O–H groups in total. The Labute approximate surface area is 177 Å². The number of carbonyl (C=O) groups is 2. The molecule has 0 radical (unpaired) electrons. The van der Waals surface area contributed by atoms with E-state index < -0.39 is 22.7 Å². The number of benzene rings is 2. The van der Waals surface area contributed by atoms with Crippen molar-refractivity contribution in [2.24, 2.45) is 0 Å². The molecule has 2 aromatic carbocycles. The summed E-state index contributed by atoms with van der Waals surface area (Å²) in [5.41, 5.74) is 1.40. The van der Waals surface area contributed by atoms with Crippen LogP contribution in [-0.4, -0.2) is 31.6 Å². The summed E-state index contributed by atoms with van der Waals surface area (Å²) in [6, 6.07) is 16.6. The van der Waals surface area contributed by atoms with Crippen molar-refractivity contribution in [1.82, 2.24) is 9.88 Å². The topological polar surface area (TPSA) is 114 Å². The van der Waals surface area contributed by atoms with Crippen molar-refractivity contribution in [3.05, 3.63) is 112 Å². The molecule has 31 heavy (non-hydrogen) atoms. The number of aromatic nitrogens is 1. The second-order valence-corrected chi connectivity index (χ2v) is 7.00. The number of nitro benzene ring substituents is 1. The average Bonchev–Trinajstić information content (AvgIpc) is 3.05. The lowest BCUT2D eigenvalue weighted by Gasteiger charge is -2.25. The third-order valence-electron chi connectivity index (χ3n) is 5.08. The highest BCUT2D eigenvalue weighted by Gasteiger charge is 2.46. The Morgan fingerprint density at radius 3 is 2.35 bits per heavy atom. The van der Waals surface area contributed by atoms with E-state index in [2.05, 4.69) is 4.98 Å². The van der Waals surface area contributed by atoms with Crippen LogP contribution in [0.2, 0.25) is 0 Å². The molecule has 2 heterocycles. The van der Waals surface area contributed by atoms with E-state index in [1.165, 1.54) is 29.2 Å². The molecule has 0 unspecified atom stereocenters. The zero-order valence-electron chi connectivity index (χ0n) is 16.2. The summed E-state index contributed by atoms with van der Waals surface area (Å²) in [5, 5.41) is 22.0. The van der Waals surface area contributed by atoms with Crippen LogP contribution >= 0.6 is 0 Å². The number of Topliss-reactive ketones (excluding diaryl/α,β-unsaturated/α-hetero) is 1. The quantitative estimate of drug-likeness (QED) is 0.224. The van der Waals surface area contributed by atoms with E-state index in [9.17, 15) is 24.8 Å². The standard InChI is InChI=1S/C23H17N3O5/c27-21(17-6-2-1-3-7-17)19-20(16-8-10-18(11-9-16)26(30)31)25(23(29)22(19)28)14-15-5-4-12-24-13-15/h1-13,20,27H,14H2/t20-/m1/s1. The monoisotopic (exact) mass is 415 g/mol. The predicted octanol–water partition coefficient (Wildman–Crippen LogP) is 3.61. The molecule has 3 aromatic rings. The minimum absolute atomic E-state index is 0.0612. The molecule has 1 aliphatic rings. The number of hydrogen-bond acceptors (Lipinski definition) is 6. The van der Waals surface area contributed by atoms with Gasteiger partial charge in [-0.15, -0.1) is 0 Å². The fourth-order valence-corrected chi connectivity index (χ4v) is 3.61. The molecule has 8 heteroatoms. The van der Waals surface area contributed by atoms with Gasteiger partial charge in [-0.3, -0.25) is 24.7 Å². The predicted molar refractivity (Wildman–Crippen MR) is 112 cm³/mol. The number of pyridine rings is 1. The van der Waals surface area contributed by atoms with E-state index in [0.717, 1.165) is 0 Å². The maximum atomic E-state index is 12.9. The van der Waals surface area contributed by atoms with E-state index in [1.54, 1.807) is 54.9 Å². The molecular formula is C23H17N3O5. The van der Waals surface area contributed by atoms with E-state index in [4.69, 9.17) is 0 Å². The molecule has 0 bridgehead atoms. The van der Waals surface area contributed by atoms with E-state index >= 15 is 0 Å². The number of aliphatic hydroxyl groups excluding tert-OH is 1. The number of nitro groups is 1. The van der Waals surface area contributed by atoms with Crippen LogP contribution in [0.3, 0.4) is 0 Å². The second-order valence-electron chi connectivity index (χ2n) is 7.00. The Bertz CT molecular complexity index is 1170. The van der Waals surface area contributed by atoms with Crippen LogP contribution in [0.25, 0.3) is 5.76 Å². The van der Waals surface area contributed by atoms with Gasteiger partial charge in [0.15, 0.2) is 0 Å². The zero-order chi connectivity index (χ0) is 22.0. The molecule has 1 aliphatic heterocycles. The number of aliphatic hydroxyl groups is 1. The first-order chi connectivity index (χ1) is 15.0. The fraction of sp³-hybridized carbons (Fsp3) is 0.0870. The van der Waals surface area contributed by atoms with Crippen molar-refractivity contribution in [3.63, 3.8) is 0 Å². The number of amides is 1. The Balaban J connectivity index is 1.85. The van der Waals surface area contributed by atoms with Gasteiger partial charge in [0.25, 0.3) is 17.4 Å². The van der Waals surface area contributed by atoms with Crippen LogP contribution < -0.4 is 0 Å². The summed E-state index contributed by atoms with van der Waals surface area (Å²) in [6.45, 7) is 0.0889. The zero-order valence-corrected chi connectivity index (χ0v) is 16.2. The maximum Gasteiger partial charge on any atom is 0.295 e. The van der Waals surface area contributed by atoms with Gasteiger partial charge < -0.3 is 10.0 Å². The lowest BCUT2D eigenvalue weighted by atomic mass is 9.95. The van der Waals surface area contributed by atoms with Crippen molar-refractivity contribution in [2.75, 3.05) is 0 Å². The Morgan fingerprint density at radius 1 is 1.03 bits per heavy atom. The third-order valence-corrected chi connectivity index (χ3v) is 5.08. The van der Waals surface area contributed by atoms with Gasteiger partial charge in [-0.2, -0.15) is 0 Å². The second kappa shape index (κ2) is 8.19. The molecule has 1 aromatic heterocycles. The minimum atomic E-state index is -0.902. The molecule has 4 rings (SSSR count). The van der Waals surface area contributed by atoms with Gasteiger partial charge in [0.05, 0.1) is 16.5 Å². The van der Waals surface area contributed by atoms with Gasteiger partial charge in [0.1, 0.15) is 5.76 Å². The molecular weight excluding hydrogens is 398 g/mol. The van der Waals surface area contributed by atoms with Crippen LogP contribution in [-0.2, 0) is 16.1 Å². The van der Waals surface area contributed by atoms with Crippen molar-refractivity contribution in [2.45, 2.75) is 12.6 Å². The first-order valence-corrected chi connectivity index (χ1v) is 9.44. The number of ketones is 1. The van der Waals surface area contributed by atoms with Crippen LogP contribution in [0.5, 0.6) is 0 Å². The highest BCUT2D eigenvalue weighted by atomic mass is 16.6. The summed E-state index contributed by atoms with van der Waals surface area (Å²) in [4.78, 5) is 41.8. The van der Waals surface area contributed by atoms with Gasteiger partial charge in [-0.1, -0.05) is 36.4 Å². The van der Waals surface area contributed by atoms with Crippen molar-refractivity contribution in [1.29, 1.82) is 0 Å². The number of carbonyl (C=O) groups excluding carboxylic acids is 2. The summed E-state index contributed by atoms with van der Waals surface area (Å²) in [6.07, 6.45) is 3.18. The maximum absolute atomic E-state index is 12.9. The molecule has 1 saturated heterocycles. The summed E-state index contributed by atoms with van der Waals surface area (Å²) in [5.74, 6) is -1.87. The van der Waals surface area contributed by atoms with Crippen LogP contribution in [0.4, 0.5) is 5.69 Å². The van der Waals surface area contributed by atoms with Gasteiger partial charge in [0.2, 0.25) is 0 Å². The number of hydrogen-bond donors (Lipinski definition) is 1. The number of nitrogens with zero attached hydrogens (tertiary/aromatic N) is 3. The number of non-ortho nitro benzene ring substituents is 1. The van der Waals surface area contributed by atoms with Gasteiger partial charge in [-0.05, 0) is 29.3 Å². The van der Waals surface area contributed by atoms with E-state index in [-0.39, 0.29) is 23.6 Å². The number of rotatable bonds is 5. The minimum Gasteiger partial charge on any atom is -0.507 e. The van der Waals surface area contributed by atoms with Crippen molar-refractivity contribution in [3.8, 4) is 0 Å². The summed E-state index contributed by atoms with van der Waals surface area (Å²) in [7, 11) is 0. The molecule has 0 saturated carbocycles. The first-order valence-electron chi connectivity index (χ1n) is 9.44. The van der Waals surface area contributed by atoms with Crippen molar-refractivity contribution < 1.29 is 19.6 Å². The van der Waals surface area contributed by atoms with Crippen LogP contribution in [0.1, 0.15) is 22.7 Å². The SMILES string of the molecule is O=C1C(=O)N(Cc2cccnc2)[C@H](c2ccc([N+](=O)[O-])cc2)C1=C(O)c1ccccc1. The molecule has 8 nitrogen and oxygen atoms in total. The smallest absolute Gasteiger partial charge is 0.295 e. The van der Waals surface area contributed by atoms with E-state index in [0.29, 0.717) is 16.7 Å². The molecule has 1 fully saturated rings. The Hall–Kier alpha value is -4.33. The summed E-state index contributed by atoms with van der Waals surface area (Å²) >= 11 is 0. The lowest BCUT2D eigenvalue weighted by Crippen LogP contribution is -2.29. The molecule has 0 aliphatic carbocycles. The Kier molecular flexibility index (Phi) is 5.28. The number of likely N-dealkylation sites (tertiary alicyclic amines) is 1. The van der Waals surface area contributed by atoms with Crippen LogP contribution in [0, 0.1) is 10.1 Å². The largest absolute Gasteiger partial charge is 0.507 e. The average molecular weight is 415 g/mol. The normalized spacial score (nSPS) is 17.7. The highest BCUT2D eigenvalue weighted by molar-refractivity contribution is 6.46. The highest BCUT2D eigenvalue weighted by Crippen LogP contribution is 2.40. The van der Waals surface area contributed by atoms with E-state index in [1.807, 2.05) is 0 Å². The Morgan fingerprint density at radius 2 is 1.74 bits per heavy atom. The molecule has 0 spiro atoms. The summed E-state index contributed by atoms with van der Waals surface area (Å²) < 4.78 is 0.